The monoisotopic (exact) mass is 248 g/mol. The maximum Gasteiger partial charge on any atom is 0.0678 e. The van der Waals surface area contributed by atoms with Crippen LogP contribution in [-0.2, 0) is 6.42 Å². The molecule has 1 atom stereocenters. The van der Waals surface area contributed by atoms with E-state index >= 15 is 0 Å². The molecule has 0 aromatic carbocycles. The van der Waals surface area contributed by atoms with Crippen LogP contribution >= 0.6 is 0 Å². The molecule has 2 aliphatic rings. The highest BCUT2D eigenvalue weighted by Crippen LogP contribution is 2.37. The Hall–Kier alpha value is -0.830. The predicted molar refractivity (Wildman–Crippen MR) is 71.4 cm³/mol. The maximum absolute atomic E-state index is 10.4. The van der Waals surface area contributed by atoms with Crippen LogP contribution < -0.4 is 0 Å². The topological polar surface area (TPSA) is 38.0 Å². The average molecular weight is 248 g/mol. The molecule has 2 aliphatic carbocycles. The van der Waals surface area contributed by atoms with Gasteiger partial charge >= 0.3 is 0 Å². The highest BCUT2D eigenvalue weighted by molar-refractivity contribution is 5.05. The standard InChI is InChI=1S/C15H24N2O/c1-15(18,10-12-6-7-12)11-13-8-9-17(16-13)14-4-2-3-5-14/h8-9,12,14,18H,2-7,10-11H2,1H3. The first-order valence-corrected chi connectivity index (χ1v) is 7.39. The van der Waals surface area contributed by atoms with Crippen LogP contribution in [0.2, 0.25) is 0 Å². The van der Waals surface area contributed by atoms with E-state index in [0.29, 0.717) is 12.5 Å². The Morgan fingerprint density at radius 1 is 1.33 bits per heavy atom. The lowest BCUT2D eigenvalue weighted by Crippen LogP contribution is -2.28. The summed E-state index contributed by atoms with van der Waals surface area (Å²) in [7, 11) is 0. The first-order chi connectivity index (χ1) is 8.62. The first-order valence-electron chi connectivity index (χ1n) is 7.39. The largest absolute Gasteiger partial charge is 0.390 e. The predicted octanol–water partition coefficient (Wildman–Crippen LogP) is 3.09. The Kier molecular flexibility index (Phi) is 3.18. The highest BCUT2D eigenvalue weighted by atomic mass is 16.3. The van der Waals surface area contributed by atoms with Crippen molar-refractivity contribution in [2.24, 2.45) is 5.92 Å². The minimum Gasteiger partial charge on any atom is -0.390 e. The molecule has 1 aromatic rings. The Morgan fingerprint density at radius 2 is 2.06 bits per heavy atom. The normalized spacial score (nSPS) is 24.3. The van der Waals surface area contributed by atoms with Crippen molar-refractivity contribution in [1.82, 2.24) is 9.78 Å². The molecule has 3 heteroatoms. The third kappa shape index (κ3) is 2.94. The number of aromatic nitrogens is 2. The molecule has 2 saturated carbocycles. The molecule has 0 bridgehead atoms. The van der Waals surface area contributed by atoms with Gasteiger partial charge in [0.2, 0.25) is 0 Å². The molecule has 1 N–H and O–H groups in total. The van der Waals surface area contributed by atoms with Gasteiger partial charge in [-0.15, -0.1) is 0 Å². The number of hydrogen-bond donors (Lipinski definition) is 1. The molecule has 1 aromatic heterocycles. The molecule has 2 fully saturated rings. The zero-order valence-corrected chi connectivity index (χ0v) is 11.3. The average Bonchev–Trinajstić information content (AvgIpc) is 2.83. The summed E-state index contributed by atoms with van der Waals surface area (Å²) in [4.78, 5) is 0. The molecule has 100 valence electrons. The third-order valence-electron chi connectivity index (χ3n) is 4.35. The Labute approximate surface area is 109 Å². The number of nitrogens with zero attached hydrogens (tertiary/aromatic N) is 2. The van der Waals surface area contributed by atoms with E-state index in [1.807, 2.05) is 6.92 Å². The molecule has 3 rings (SSSR count). The van der Waals surface area contributed by atoms with Crippen molar-refractivity contribution in [3.05, 3.63) is 18.0 Å². The van der Waals surface area contributed by atoms with Gasteiger partial charge < -0.3 is 5.11 Å². The maximum atomic E-state index is 10.4. The Balaban J connectivity index is 1.61. The van der Waals surface area contributed by atoms with E-state index in [0.717, 1.165) is 18.0 Å². The van der Waals surface area contributed by atoms with Gasteiger partial charge in [0.1, 0.15) is 0 Å². The fourth-order valence-electron chi connectivity index (χ4n) is 3.25. The van der Waals surface area contributed by atoms with Crippen LogP contribution in [0.3, 0.4) is 0 Å². The fraction of sp³-hybridized carbons (Fsp3) is 0.800. The molecule has 0 aliphatic heterocycles. The molecular weight excluding hydrogens is 224 g/mol. The fourth-order valence-corrected chi connectivity index (χ4v) is 3.25. The zero-order chi connectivity index (χ0) is 12.6. The van der Waals surface area contributed by atoms with Crippen molar-refractivity contribution in [2.45, 2.75) is 69.9 Å². The molecule has 0 amide bonds. The number of rotatable bonds is 5. The molecule has 18 heavy (non-hydrogen) atoms. The molecule has 1 unspecified atom stereocenters. The van der Waals surface area contributed by atoms with Crippen LogP contribution in [-0.4, -0.2) is 20.5 Å². The SMILES string of the molecule is CC(O)(Cc1ccn(C2CCCC2)n1)CC1CC1. The van der Waals surface area contributed by atoms with Gasteiger partial charge in [-0.05, 0) is 38.2 Å². The van der Waals surface area contributed by atoms with Gasteiger partial charge in [0.05, 0.1) is 17.3 Å². The Bertz CT molecular complexity index is 400. The van der Waals surface area contributed by atoms with E-state index in [4.69, 9.17) is 0 Å². The minimum atomic E-state index is -0.573. The van der Waals surface area contributed by atoms with Gasteiger partial charge in [-0.2, -0.15) is 5.10 Å². The summed E-state index contributed by atoms with van der Waals surface area (Å²) in [5, 5.41) is 15.1. The first kappa shape index (κ1) is 12.2. The summed E-state index contributed by atoms with van der Waals surface area (Å²) in [6.07, 6.45) is 11.5. The summed E-state index contributed by atoms with van der Waals surface area (Å²) >= 11 is 0. The van der Waals surface area contributed by atoms with Crippen LogP contribution in [0.15, 0.2) is 12.3 Å². The van der Waals surface area contributed by atoms with E-state index in [1.165, 1.54) is 38.5 Å². The second-order valence-corrected chi connectivity index (χ2v) is 6.55. The zero-order valence-electron chi connectivity index (χ0n) is 11.3. The van der Waals surface area contributed by atoms with E-state index < -0.39 is 5.60 Å². The lowest BCUT2D eigenvalue weighted by atomic mass is 9.94. The van der Waals surface area contributed by atoms with Gasteiger partial charge in [0.15, 0.2) is 0 Å². The number of aliphatic hydroxyl groups is 1. The second-order valence-electron chi connectivity index (χ2n) is 6.55. The lowest BCUT2D eigenvalue weighted by molar-refractivity contribution is 0.0444. The number of hydrogen-bond acceptors (Lipinski definition) is 2. The molecule has 0 saturated heterocycles. The minimum absolute atomic E-state index is 0.573. The lowest BCUT2D eigenvalue weighted by Gasteiger charge is -2.22. The molecule has 0 spiro atoms. The Morgan fingerprint density at radius 3 is 2.72 bits per heavy atom. The molecular formula is C15H24N2O. The van der Waals surface area contributed by atoms with E-state index in [1.54, 1.807) is 0 Å². The van der Waals surface area contributed by atoms with Gasteiger partial charge in [-0.1, -0.05) is 25.7 Å². The molecule has 1 heterocycles. The van der Waals surface area contributed by atoms with E-state index in [2.05, 4.69) is 22.0 Å². The van der Waals surface area contributed by atoms with Crippen molar-refractivity contribution in [1.29, 1.82) is 0 Å². The van der Waals surface area contributed by atoms with Crippen molar-refractivity contribution in [2.75, 3.05) is 0 Å². The summed E-state index contributed by atoms with van der Waals surface area (Å²) in [6.45, 7) is 1.96. The van der Waals surface area contributed by atoms with Crippen LogP contribution in [0.5, 0.6) is 0 Å². The second kappa shape index (κ2) is 4.69. The summed E-state index contributed by atoms with van der Waals surface area (Å²) < 4.78 is 2.12. The highest BCUT2D eigenvalue weighted by Gasteiger charge is 2.32. The molecule has 0 radical (unpaired) electrons. The summed E-state index contributed by atoms with van der Waals surface area (Å²) in [5.41, 5.74) is 0.475. The van der Waals surface area contributed by atoms with E-state index in [-0.39, 0.29) is 0 Å². The van der Waals surface area contributed by atoms with Crippen LogP contribution in [0.25, 0.3) is 0 Å². The van der Waals surface area contributed by atoms with E-state index in [9.17, 15) is 5.11 Å². The quantitative estimate of drug-likeness (QED) is 0.869. The smallest absolute Gasteiger partial charge is 0.0678 e. The van der Waals surface area contributed by atoms with Gasteiger partial charge in [-0.25, -0.2) is 0 Å². The van der Waals surface area contributed by atoms with Crippen molar-refractivity contribution < 1.29 is 5.11 Å². The summed E-state index contributed by atoms with van der Waals surface area (Å²) in [6, 6.07) is 2.69. The molecule has 3 nitrogen and oxygen atoms in total. The van der Waals surface area contributed by atoms with Crippen LogP contribution in [0.4, 0.5) is 0 Å². The third-order valence-corrected chi connectivity index (χ3v) is 4.35. The van der Waals surface area contributed by atoms with Crippen molar-refractivity contribution in [3.63, 3.8) is 0 Å². The van der Waals surface area contributed by atoms with Crippen LogP contribution in [0.1, 0.15) is 63.6 Å². The summed E-state index contributed by atoms with van der Waals surface area (Å²) in [5.74, 6) is 0.761. The van der Waals surface area contributed by atoms with Crippen molar-refractivity contribution in [3.8, 4) is 0 Å². The van der Waals surface area contributed by atoms with Crippen molar-refractivity contribution >= 4 is 0 Å². The van der Waals surface area contributed by atoms with Gasteiger partial charge in [-0.3, -0.25) is 4.68 Å². The van der Waals surface area contributed by atoms with Gasteiger partial charge in [0, 0.05) is 12.6 Å². The van der Waals surface area contributed by atoms with Crippen LogP contribution in [0, 0.1) is 5.92 Å². The van der Waals surface area contributed by atoms with Gasteiger partial charge in [0.25, 0.3) is 0 Å².